The number of carbonyl (C=O) groups is 1. The lowest BCUT2D eigenvalue weighted by Crippen LogP contribution is -2.25. The summed E-state index contributed by atoms with van der Waals surface area (Å²) in [5.74, 6) is 1.35. The zero-order valence-electron chi connectivity index (χ0n) is 20.0. The number of hydrogen-bond donors (Lipinski definition) is 1. The first-order valence-electron chi connectivity index (χ1n) is 11.8. The van der Waals surface area contributed by atoms with E-state index >= 15 is 0 Å². The molecule has 1 aliphatic rings. The smallest absolute Gasteiger partial charge is 0.270 e. The van der Waals surface area contributed by atoms with E-state index < -0.39 is 10.2 Å². The summed E-state index contributed by atoms with van der Waals surface area (Å²) in [6.07, 6.45) is 0.531. The lowest BCUT2D eigenvalue weighted by molar-refractivity contribution is -0.384. The van der Waals surface area contributed by atoms with E-state index in [9.17, 15) is 14.9 Å². The Kier molecular flexibility index (Phi) is 6.00. The highest BCUT2D eigenvalue weighted by molar-refractivity contribution is 8.00. The van der Waals surface area contributed by atoms with Crippen molar-refractivity contribution < 1.29 is 19.2 Å². The van der Waals surface area contributed by atoms with E-state index in [1.165, 1.54) is 23.9 Å². The minimum absolute atomic E-state index is 0.0508. The van der Waals surface area contributed by atoms with Crippen molar-refractivity contribution >= 4 is 45.6 Å². The van der Waals surface area contributed by atoms with Gasteiger partial charge in [-0.2, -0.15) is 4.52 Å². The van der Waals surface area contributed by atoms with Crippen LogP contribution in [0.2, 0.25) is 0 Å². The van der Waals surface area contributed by atoms with Crippen LogP contribution < -0.4 is 14.8 Å². The Morgan fingerprint density at radius 3 is 2.79 bits per heavy atom. The first-order chi connectivity index (χ1) is 18.5. The van der Waals surface area contributed by atoms with Crippen LogP contribution in [0.25, 0.3) is 27.9 Å². The molecule has 0 saturated carbocycles. The van der Waals surface area contributed by atoms with Crippen LogP contribution in [0.5, 0.6) is 11.5 Å². The van der Waals surface area contributed by atoms with Crippen molar-refractivity contribution in [1.82, 2.24) is 19.6 Å². The summed E-state index contributed by atoms with van der Waals surface area (Å²) in [6, 6.07) is 18.9. The maximum absolute atomic E-state index is 13.2. The van der Waals surface area contributed by atoms with Crippen LogP contribution >= 0.6 is 11.8 Å². The van der Waals surface area contributed by atoms with Crippen LogP contribution in [0.15, 0.2) is 71.9 Å². The summed E-state index contributed by atoms with van der Waals surface area (Å²) >= 11 is 1.28. The number of nitro benzene ring substituents is 1. The van der Waals surface area contributed by atoms with Crippen molar-refractivity contribution in [3.8, 4) is 22.9 Å². The van der Waals surface area contributed by atoms with E-state index in [1.54, 1.807) is 34.8 Å². The molecule has 1 atom stereocenters. The second-order valence-corrected chi connectivity index (χ2v) is 9.63. The van der Waals surface area contributed by atoms with Gasteiger partial charge in [0.05, 0.1) is 15.7 Å². The number of non-ortho nitro benzene ring substituents is 1. The Balaban J connectivity index is 1.36. The van der Waals surface area contributed by atoms with Gasteiger partial charge in [-0.05, 0) is 30.7 Å². The molecule has 0 fully saturated rings. The maximum Gasteiger partial charge on any atom is 0.270 e. The Labute approximate surface area is 220 Å². The third-order valence-electron chi connectivity index (χ3n) is 6.02. The second kappa shape index (κ2) is 9.63. The molecule has 0 aliphatic carbocycles. The predicted molar refractivity (Wildman–Crippen MR) is 142 cm³/mol. The van der Waals surface area contributed by atoms with E-state index in [1.807, 2.05) is 31.2 Å². The lowest BCUT2D eigenvalue weighted by atomic mass is 10.2. The van der Waals surface area contributed by atoms with Gasteiger partial charge in [0.15, 0.2) is 28.1 Å². The molecule has 0 radical (unpaired) electrons. The molecule has 0 spiro atoms. The number of aromatic nitrogens is 4. The number of fused-ring (bicyclic) bond motifs is 4. The van der Waals surface area contributed by atoms with Crippen molar-refractivity contribution in [3.63, 3.8) is 0 Å². The summed E-state index contributed by atoms with van der Waals surface area (Å²) in [5, 5.41) is 19.6. The number of nitro groups is 1. The highest BCUT2D eigenvalue weighted by Gasteiger charge is 2.24. The van der Waals surface area contributed by atoms with Crippen LogP contribution in [-0.2, 0) is 4.79 Å². The number of nitrogens with zero attached hydrogens (tertiary/aromatic N) is 5. The molecule has 0 unspecified atom stereocenters. The molecule has 38 heavy (non-hydrogen) atoms. The van der Waals surface area contributed by atoms with Crippen molar-refractivity contribution in [1.29, 1.82) is 0 Å². The molecule has 0 saturated heterocycles. The number of carbonyl (C=O) groups excluding carboxylic acids is 1. The number of para-hydroxylation sites is 1. The minimum Gasteiger partial charge on any atom is -0.454 e. The zero-order valence-corrected chi connectivity index (χ0v) is 20.8. The van der Waals surface area contributed by atoms with Crippen molar-refractivity contribution in [2.24, 2.45) is 0 Å². The van der Waals surface area contributed by atoms with Gasteiger partial charge in [0.25, 0.3) is 5.69 Å². The fourth-order valence-electron chi connectivity index (χ4n) is 4.13. The number of benzene rings is 3. The highest BCUT2D eigenvalue weighted by Crippen LogP contribution is 2.35. The molecule has 1 N–H and O–H groups in total. The van der Waals surface area contributed by atoms with Crippen LogP contribution in [0.1, 0.15) is 13.3 Å². The van der Waals surface area contributed by atoms with E-state index in [2.05, 4.69) is 10.4 Å². The van der Waals surface area contributed by atoms with Crippen molar-refractivity contribution in [2.75, 3.05) is 12.1 Å². The van der Waals surface area contributed by atoms with Gasteiger partial charge >= 0.3 is 0 Å². The number of rotatable bonds is 7. The Morgan fingerprint density at radius 1 is 1.11 bits per heavy atom. The average Bonchev–Trinajstić information content (AvgIpc) is 3.59. The van der Waals surface area contributed by atoms with Gasteiger partial charge in [0.1, 0.15) is 0 Å². The number of anilines is 1. The van der Waals surface area contributed by atoms with E-state index in [-0.39, 0.29) is 18.4 Å². The van der Waals surface area contributed by atoms with E-state index in [0.717, 1.165) is 5.39 Å². The summed E-state index contributed by atoms with van der Waals surface area (Å²) < 4.78 is 12.3. The topological polar surface area (TPSA) is 134 Å². The summed E-state index contributed by atoms with van der Waals surface area (Å²) in [6.45, 7) is 2.07. The first kappa shape index (κ1) is 23.7. The quantitative estimate of drug-likeness (QED) is 0.133. The molecular weight excluding hydrogens is 508 g/mol. The van der Waals surface area contributed by atoms with Crippen LogP contribution in [0.4, 0.5) is 11.4 Å². The number of thioether (sulfide) groups is 1. The summed E-state index contributed by atoms with van der Waals surface area (Å²) in [5.41, 5.74) is 2.31. The van der Waals surface area contributed by atoms with E-state index in [4.69, 9.17) is 19.4 Å². The molecule has 2 aromatic heterocycles. The molecule has 3 aromatic carbocycles. The maximum atomic E-state index is 13.2. The molecule has 1 amide bonds. The summed E-state index contributed by atoms with van der Waals surface area (Å²) in [4.78, 5) is 33.5. The van der Waals surface area contributed by atoms with Crippen LogP contribution in [0.3, 0.4) is 0 Å². The van der Waals surface area contributed by atoms with Gasteiger partial charge in [-0.3, -0.25) is 14.9 Å². The Hall–Kier alpha value is -4.71. The van der Waals surface area contributed by atoms with Gasteiger partial charge in [-0.25, -0.2) is 9.97 Å². The monoisotopic (exact) mass is 528 g/mol. The molecule has 1 aliphatic heterocycles. The van der Waals surface area contributed by atoms with E-state index in [0.29, 0.717) is 51.3 Å². The van der Waals surface area contributed by atoms with Gasteiger partial charge in [-0.1, -0.05) is 43.0 Å². The fraction of sp³-hybridized carbons (Fsp3) is 0.154. The SMILES string of the molecule is CC[C@H](Sc1nc2ccccc2c2nc(-c3cccc([N+](=O)[O-])c3)nn12)C(=O)Nc1ccc2c(c1)OCO2. The highest BCUT2D eigenvalue weighted by atomic mass is 32.2. The largest absolute Gasteiger partial charge is 0.454 e. The Morgan fingerprint density at radius 2 is 1.95 bits per heavy atom. The predicted octanol–water partition coefficient (Wildman–Crippen LogP) is 5.09. The molecule has 6 rings (SSSR count). The minimum atomic E-state index is -0.484. The number of ether oxygens (including phenoxy) is 2. The number of hydrogen-bond acceptors (Lipinski definition) is 9. The Bertz CT molecular complexity index is 1720. The third-order valence-corrected chi connectivity index (χ3v) is 7.32. The summed E-state index contributed by atoms with van der Waals surface area (Å²) in [7, 11) is 0. The zero-order chi connectivity index (χ0) is 26.2. The molecule has 190 valence electrons. The molecular formula is C26H20N6O5S. The molecule has 5 aromatic rings. The first-order valence-corrected chi connectivity index (χ1v) is 12.7. The van der Waals surface area contributed by atoms with Gasteiger partial charge in [0, 0.05) is 34.8 Å². The molecule has 12 heteroatoms. The van der Waals surface area contributed by atoms with Crippen molar-refractivity contribution in [3.05, 3.63) is 76.8 Å². The third kappa shape index (κ3) is 4.34. The second-order valence-electron chi connectivity index (χ2n) is 8.46. The number of amides is 1. The van der Waals surface area contributed by atoms with Gasteiger partial charge < -0.3 is 14.8 Å². The van der Waals surface area contributed by atoms with Gasteiger partial charge in [-0.15, -0.1) is 5.10 Å². The standard InChI is InChI=1S/C26H20N6O5S/c1-2-22(25(33)27-16-10-11-20-21(13-16)37-14-36-20)38-26-28-19-9-4-3-8-18(19)24-29-23(30-31(24)26)15-6-5-7-17(12-15)32(34)35/h3-13,22H,2,14H2,1H3,(H,27,33)/t22-/m0/s1. The van der Waals surface area contributed by atoms with Crippen LogP contribution in [-0.4, -0.2) is 42.5 Å². The normalized spacial score (nSPS) is 13.1. The fourth-order valence-corrected chi connectivity index (χ4v) is 5.10. The lowest BCUT2D eigenvalue weighted by Gasteiger charge is -2.15. The van der Waals surface area contributed by atoms with Crippen molar-refractivity contribution in [2.45, 2.75) is 23.8 Å². The molecule has 3 heterocycles. The number of nitrogens with one attached hydrogen (secondary N) is 1. The van der Waals surface area contributed by atoms with Gasteiger partial charge in [0.2, 0.25) is 12.7 Å². The average molecular weight is 529 g/mol. The molecule has 0 bridgehead atoms. The molecule has 11 nitrogen and oxygen atoms in total. The van der Waals surface area contributed by atoms with Crippen LogP contribution in [0, 0.1) is 10.1 Å².